The molecule has 0 aliphatic carbocycles. The van der Waals surface area contributed by atoms with Crippen molar-refractivity contribution in [2.24, 2.45) is 0 Å². The molecule has 31 heavy (non-hydrogen) atoms. The first-order chi connectivity index (χ1) is 15.0. The molecule has 0 aromatic heterocycles. The van der Waals surface area contributed by atoms with Crippen LogP contribution in [0.3, 0.4) is 0 Å². The number of para-hydroxylation sites is 1. The molecule has 0 saturated carbocycles. The van der Waals surface area contributed by atoms with Crippen molar-refractivity contribution in [2.45, 2.75) is 5.37 Å². The molecule has 1 fully saturated rings. The number of amides is 2. The van der Waals surface area contributed by atoms with Crippen LogP contribution in [0.4, 0.5) is 20.2 Å². The van der Waals surface area contributed by atoms with E-state index in [1.54, 1.807) is 30.3 Å². The van der Waals surface area contributed by atoms with Crippen molar-refractivity contribution in [3.8, 4) is 0 Å². The lowest BCUT2D eigenvalue weighted by molar-refractivity contribution is -0.116. The van der Waals surface area contributed by atoms with Crippen LogP contribution in [0.25, 0.3) is 6.08 Å². The number of halogens is 2. The zero-order valence-corrected chi connectivity index (χ0v) is 17.1. The number of nitrogens with zero attached hydrogens (tertiary/aromatic N) is 1. The minimum Gasteiger partial charge on any atom is -0.322 e. The number of hydrogen-bond acceptors (Lipinski definition) is 3. The van der Waals surface area contributed by atoms with Crippen LogP contribution in [0, 0.1) is 11.6 Å². The van der Waals surface area contributed by atoms with Gasteiger partial charge in [-0.1, -0.05) is 48.5 Å². The quantitative estimate of drug-likeness (QED) is 0.545. The molecule has 1 N–H and O–H groups in total. The summed E-state index contributed by atoms with van der Waals surface area (Å²) in [4.78, 5) is 26.3. The van der Waals surface area contributed by atoms with Crippen LogP contribution in [0.15, 0.2) is 78.9 Å². The SMILES string of the molecule is O=C(/C=C/c1ccccc1)Nc1ccccc1[C@@H]1SCC(=O)N1c1ccc(F)cc1F. The zero-order chi connectivity index (χ0) is 21.8. The first-order valence-electron chi connectivity index (χ1n) is 9.54. The number of anilines is 2. The predicted octanol–water partition coefficient (Wildman–Crippen LogP) is 5.40. The van der Waals surface area contributed by atoms with Crippen LogP contribution in [-0.2, 0) is 9.59 Å². The molecule has 4 nitrogen and oxygen atoms in total. The minimum absolute atomic E-state index is 0.00602. The Bertz CT molecular complexity index is 1150. The fourth-order valence-electron chi connectivity index (χ4n) is 3.33. The van der Waals surface area contributed by atoms with Gasteiger partial charge in [-0.25, -0.2) is 8.78 Å². The van der Waals surface area contributed by atoms with E-state index in [-0.39, 0.29) is 23.3 Å². The minimum atomic E-state index is -0.812. The Hall–Kier alpha value is -3.45. The van der Waals surface area contributed by atoms with E-state index < -0.39 is 17.0 Å². The van der Waals surface area contributed by atoms with Gasteiger partial charge in [0.1, 0.15) is 17.0 Å². The molecule has 3 aromatic rings. The summed E-state index contributed by atoms with van der Waals surface area (Å²) in [6.07, 6.45) is 3.13. The summed E-state index contributed by atoms with van der Waals surface area (Å²) in [6.45, 7) is 0. The number of thioether (sulfide) groups is 1. The smallest absolute Gasteiger partial charge is 0.248 e. The molecular weight excluding hydrogens is 418 g/mol. The van der Waals surface area contributed by atoms with Crippen molar-refractivity contribution in [1.29, 1.82) is 0 Å². The van der Waals surface area contributed by atoms with Crippen molar-refractivity contribution in [2.75, 3.05) is 16.0 Å². The molecular formula is C24H18F2N2O2S. The predicted molar refractivity (Wildman–Crippen MR) is 120 cm³/mol. The fraction of sp³-hybridized carbons (Fsp3) is 0.0833. The number of carbonyl (C=O) groups is 2. The topological polar surface area (TPSA) is 49.4 Å². The van der Waals surface area contributed by atoms with Gasteiger partial charge >= 0.3 is 0 Å². The van der Waals surface area contributed by atoms with E-state index in [0.717, 1.165) is 17.7 Å². The van der Waals surface area contributed by atoms with E-state index in [0.29, 0.717) is 11.3 Å². The molecule has 1 aliphatic rings. The van der Waals surface area contributed by atoms with Crippen LogP contribution in [0.2, 0.25) is 0 Å². The first-order valence-corrected chi connectivity index (χ1v) is 10.6. The summed E-state index contributed by atoms with van der Waals surface area (Å²) >= 11 is 1.32. The Morgan fingerprint density at radius 3 is 2.55 bits per heavy atom. The van der Waals surface area contributed by atoms with Crippen molar-refractivity contribution in [3.05, 3.63) is 102 Å². The number of rotatable bonds is 5. The normalized spacial score (nSPS) is 16.1. The average molecular weight is 436 g/mol. The third-order valence-corrected chi connectivity index (χ3v) is 5.94. The van der Waals surface area contributed by atoms with E-state index in [1.165, 1.54) is 28.8 Å². The monoisotopic (exact) mass is 436 g/mol. The standard InChI is InChI=1S/C24H18F2N2O2S/c25-17-11-12-21(19(26)14-17)28-23(30)15-31-24(28)18-8-4-5-9-20(18)27-22(29)13-10-16-6-2-1-3-7-16/h1-14,24H,15H2,(H,27,29)/b13-10+/t24-/m0/s1. The lowest BCUT2D eigenvalue weighted by Gasteiger charge is -2.26. The van der Waals surface area contributed by atoms with Crippen LogP contribution in [-0.4, -0.2) is 17.6 Å². The maximum atomic E-state index is 14.4. The molecule has 7 heteroatoms. The Morgan fingerprint density at radius 1 is 1.03 bits per heavy atom. The van der Waals surface area contributed by atoms with E-state index in [4.69, 9.17) is 0 Å². The summed E-state index contributed by atoms with van der Waals surface area (Å²) in [5, 5.41) is 2.28. The first kappa shape index (κ1) is 20.8. The molecule has 1 aliphatic heterocycles. The molecule has 1 saturated heterocycles. The highest BCUT2D eigenvalue weighted by atomic mass is 32.2. The molecule has 3 aromatic carbocycles. The van der Waals surface area contributed by atoms with Gasteiger partial charge in [-0.05, 0) is 29.8 Å². The maximum absolute atomic E-state index is 14.4. The second-order valence-electron chi connectivity index (χ2n) is 6.84. The highest BCUT2D eigenvalue weighted by Crippen LogP contribution is 2.44. The second-order valence-corrected chi connectivity index (χ2v) is 7.91. The van der Waals surface area contributed by atoms with Gasteiger partial charge in [0.15, 0.2) is 0 Å². The average Bonchev–Trinajstić information content (AvgIpc) is 3.14. The van der Waals surface area contributed by atoms with E-state index in [9.17, 15) is 18.4 Å². The van der Waals surface area contributed by atoms with Crippen LogP contribution in [0.1, 0.15) is 16.5 Å². The van der Waals surface area contributed by atoms with E-state index in [2.05, 4.69) is 5.32 Å². The van der Waals surface area contributed by atoms with Gasteiger partial charge in [-0.2, -0.15) is 0 Å². The van der Waals surface area contributed by atoms with Crippen molar-refractivity contribution < 1.29 is 18.4 Å². The summed E-state index contributed by atoms with van der Waals surface area (Å²) < 4.78 is 27.8. The van der Waals surface area contributed by atoms with Gasteiger partial charge in [0, 0.05) is 23.4 Å². The molecule has 0 bridgehead atoms. The molecule has 1 atom stereocenters. The molecule has 1 heterocycles. The number of hydrogen-bond donors (Lipinski definition) is 1. The number of carbonyl (C=O) groups excluding carboxylic acids is 2. The lowest BCUT2D eigenvalue weighted by Crippen LogP contribution is -2.29. The van der Waals surface area contributed by atoms with Gasteiger partial charge in [0.05, 0.1) is 11.4 Å². The molecule has 0 unspecified atom stereocenters. The molecule has 4 rings (SSSR count). The highest BCUT2D eigenvalue weighted by Gasteiger charge is 2.36. The maximum Gasteiger partial charge on any atom is 0.248 e. The lowest BCUT2D eigenvalue weighted by atomic mass is 10.1. The van der Waals surface area contributed by atoms with Gasteiger partial charge in [0.2, 0.25) is 11.8 Å². The molecule has 2 amide bonds. The molecule has 0 radical (unpaired) electrons. The Morgan fingerprint density at radius 2 is 1.77 bits per heavy atom. The zero-order valence-electron chi connectivity index (χ0n) is 16.3. The van der Waals surface area contributed by atoms with Gasteiger partial charge in [-0.15, -0.1) is 11.8 Å². The van der Waals surface area contributed by atoms with Crippen molar-refractivity contribution in [1.82, 2.24) is 0 Å². The van der Waals surface area contributed by atoms with Crippen molar-refractivity contribution in [3.63, 3.8) is 0 Å². The van der Waals surface area contributed by atoms with Crippen LogP contribution in [0.5, 0.6) is 0 Å². The van der Waals surface area contributed by atoms with Crippen LogP contribution >= 0.6 is 11.8 Å². The van der Waals surface area contributed by atoms with E-state index >= 15 is 0 Å². The number of benzene rings is 3. The van der Waals surface area contributed by atoms with Gasteiger partial charge < -0.3 is 5.32 Å². The van der Waals surface area contributed by atoms with Gasteiger partial charge in [-0.3, -0.25) is 14.5 Å². The second kappa shape index (κ2) is 9.14. The van der Waals surface area contributed by atoms with Gasteiger partial charge in [0.25, 0.3) is 0 Å². The summed E-state index contributed by atoms with van der Waals surface area (Å²) in [5.74, 6) is -1.99. The Labute approximate surface area is 182 Å². The Balaban J connectivity index is 1.60. The summed E-state index contributed by atoms with van der Waals surface area (Å²) in [6, 6.07) is 19.6. The highest BCUT2D eigenvalue weighted by molar-refractivity contribution is 8.00. The molecule has 156 valence electrons. The Kier molecular flexibility index (Phi) is 6.13. The summed E-state index contributed by atoms with van der Waals surface area (Å²) in [5.41, 5.74) is 2.07. The van der Waals surface area contributed by atoms with E-state index in [1.807, 2.05) is 30.3 Å². The third kappa shape index (κ3) is 4.67. The largest absolute Gasteiger partial charge is 0.322 e. The van der Waals surface area contributed by atoms with Crippen LogP contribution < -0.4 is 10.2 Å². The van der Waals surface area contributed by atoms with Crippen molar-refractivity contribution >= 4 is 41.0 Å². The third-order valence-electron chi connectivity index (χ3n) is 4.75. The fourth-order valence-corrected chi connectivity index (χ4v) is 4.53. The molecule has 0 spiro atoms. The summed E-state index contributed by atoms with van der Waals surface area (Å²) in [7, 11) is 0. The number of nitrogens with one attached hydrogen (secondary N) is 1.